The summed E-state index contributed by atoms with van der Waals surface area (Å²) in [6.45, 7) is 4.00. The summed E-state index contributed by atoms with van der Waals surface area (Å²) in [5.41, 5.74) is 0.311. The number of urea groups is 1. The normalized spacial score (nSPS) is 12.1. The van der Waals surface area contributed by atoms with Crippen molar-refractivity contribution in [2.75, 3.05) is 20.1 Å². The third kappa shape index (κ3) is 5.89. The summed E-state index contributed by atoms with van der Waals surface area (Å²) in [7, 11) is -2.44. The van der Waals surface area contributed by atoms with E-state index in [1.165, 1.54) is 35.6 Å². The third-order valence-corrected chi connectivity index (χ3v) is 6.49. The molecule has 2 aromatic rings. The number of hydrogen-bond donors (Lipinski definition) is 2. The van der Waals surface area contributed by atoms with Crippen LogP contribution in [0.2, 0.25) is 0 Å². The maximum atomic E-state index is 12.8. The molecule has 0 spiro atoms. The average molecular weight is 448 g/mol. The number of benzene rings is 2. The minimum Gasteiger partial charge on any atom is -0.444 e. The summed E-state index contributed by atoms with van der Waals surface area (Å²) in [5.74, 6) is -1.75. The molecule has 0 unspecified atom stereocenters. The van der Waals surface area contributed by atoms with E-state index in [4.69, 9.17) is 4.74 Å². The van der Waals surface area contributed by atoms with Crippen molar-refractivity contribution in [3.05, 3.63) is 65.7 Å². The van der Waals surface area contributed by atoms with Crippen molar-refractivity contribution >= 4 is 27.9 Å². The maximum absolute atomic E-state index is 12.8. The molecule has 10 heteroatoms. The highest BCUT2D eigenvalue weighted by molar-refractivity contribution is 7.89. The quantitative estimate of drug-likeness (QED) is 0.598. The number of amides is 3. The molecule has 0 saturated carbocycles. The second kappa shape index (κ2) is 10.7. The Morgan fingerprint density at radius 3 is 2.23 bits per heavy atom. The Labute approximate surface area is 181 Å². The van der Waals surface area contributed by atoms with Crippen LogP contribution in [-0.2, 0) is 19.6 Å². The highest BCUT2D eigenvalue weighted by atomic mass is 32.2. The van der Waals surface area contributed by atoms with Crippen LogP contribution in [0, 0.1) is 0 Å². The number of imide groups is 1. The summed E-state index contributed by atoms with van der Waals surface area (Å²) in [5, 5.41) is 4.33. The van der Waals surface area contributed by atoms with E-state index in [0.717, 1.165) is 0 Å². The second-order valence-corrected chi connectivity index (χ2v) is 8.32. The molecule has 0 fully saturated rings. The molecular formula is C21H25N3O6S. The number of nitrogens with one attached hydrogen (secondary N) is 2. The van der Waals surface area contributed by atoms with Crippen molar-refractivity contribution in [3.63, 3.8) is 0 Å². The molecule has 0 aliphatic carbocycles. The summed E-state index contributed by atoms with van der Waals surface area (Å²) < 4.78 is 32.1. The second-order valence-electron chi connectivity index (χ2n) is 6.38. The first-order valence-corrected chi connectivity index (χ1v) is 11.1. The highest BCUT2D eigenvalue weighted by Crippen LogP contribution is 2.22. The fourth-order valence-electron chi connectivity index (χ4n) is 2.81. The van der Waals surface area contributed by atoms with Crippen LogP contribution in [0.5, 0.6) is 0 Å². The first-order chi connectivity index (χ1) is 14.7. The van der Waals surface area contributed by atoms with Gasteiger partial charge in [-0.2, -0.15) is 4.31 Å². The van der Waals surface area contributed by atoms with Crippen molar-refractivity contribution in [2.24, 2.45) is 0 Å². The predicted octanol–water partition coefficient (Wildman–Crippen LogP) is 2.07. The van der Waals surface area contributed by atoms with Gasteiger partial charge in [0, 0.05) is 25.7 Å². The molecule has 0 aliphatic heterocycles. The maximum Gasteiger partial charge on any atom is 0.339 e. The molecular weight excluding hydrogens is 422 g/mol. The number of carbonyl (C=O) groups is 3. The number of sulfonamides is 1. The lowest BCUT2D eigenvalue weighted by molar-refractivity contribution is -0.129. The molecule has 0 radical (unpaired) electrons. The zero-order valence-electron chi connectivity index (χ0n) is 17.5. The van der Waals surface area contributed by atoms with Gasteiger partial charge in [0.15, 0.2) is 0 Å². The lowest BCUT2D eigenvalue weighted by atomic mass is 10.1. The highest BCUT2D eigenvalue weighted by Gasteiger charge is 2.28. The Kier molecular flexibility index (Phi) is 8.29. The monoisotopic (exact) mass is 447 g/mol. The molecule has 0 bridgehead atoms. The van der Waals surface area contributed by atoms with E-state index in [-0.39, 0.29) is 23.5 Å². The van der Waals surface area contributed by atoms with Gasteiger partial charge in [0.05, 0.1) is 10.5 Å². The Balaban J connectivity index is 2.34. The van der Waals surface area contributed by atoms with Crippen molar-refractivity contribution in [1.82, 2.24) is 14.9 Å². The molecule has 2 N–H and O–H groups in total. The topological polar surface area (TPSA) is 122 Å². The Hall–Kier alpha value is -3.24. The molecule has 0 aromatic heterocycles. The number of carbonyl (C=O) groups excluding carboxylic acids is 3. The summed E-state index contributed by atoms with van der Waals surface area (Å²) >= 11 is 0. The van der Waals surface area contributed by atoms with Gasteiger partial charge in [-0.05, 0) is 18.2 Å². The van der Waals surface area contributed by atoms with Crippen molar-refractivity contribution < 1.29 is 27.5 Å². The Bertz CT molecular complexity index is 1040. The largest absolute Gasteiger partial charge is 0.444 e. The molecule has 0 heterocycles. The zero-order chi connectivity index (χ0) is 23.0. The molecule has 2 rings (SSSR count). The van der Waals surface area contributed by atoms with Crippen LogP contribution in [0.1, 0.15) is 35.9 Å². The third-order valence-electron chi connectivity index (χ3n) is 4.44. The summed E-state index contributed by atoms with van der Waals surface area (Å²) in [6, 6.07) is 12.8. The van der Waals surface area contributed by atoms with E-state index in [1.807, 2.05) is 0 Å². The molecule has 1 atom stereocenters. The number of nitrogens with zero attached hydrogens (tertiary/aromatic N) is 1. The molecule has 166 valence electrons. The number of ether oxygens (including phenoxy) is 1. The van der Waals surface area contributed by atoms with Gasteiger partial charge in [-0.1, -0.05) is 50.2 Å². The lowest BCUT2D eigenvalue weighted by Crippen LogP contribution is -2.41. The van der Waals surface area contributed by atoms with E-state index >= 15 is 0 Å². The van der Waals surface area contributed by atoms with E-state index in [9.17, 15) is 22.8 Å². The lowest BCUT2D eigenvalue weighted by Gasteiger charge is -2.19. The Morgan fingerprint density at radius 2 is 1.65 bits per heavy atom. The van der Waals surface area contributed by atoms with Crippen LogP contribution in [0.4, 0.5) is 4.79 Å². The van der Waals surface area contributed by atoms with Gasteiger partial charge in [0.2, 0.25) is 16.1 Å². The molecule has 3 amide bonds. The van der Waals surface area contributed by atoms with Gasteiger partial charge in [-0.15, -0.1) is 0 Å². The smallest absolute Gasteiger partial charge is 0.339 e. The summed E-state index contributed by atoms with van der Waals surface area (Å²) in [4.78, 5) is 36.8. The van der Waals surface area contributed by atoms with Crippen LogP contribution in [0.15, 0.2) is 59.5 Å². The number of rotatable bonds is 8. The van der Waals surface area contributed by atoms with Gasteiger partial charge in [-0.3, -0.25) is 10.1 Å². The van der Waals surface area contributed by atoms with Crippen LogP contribution in [0.3, 0.4) is 0 Å². The van der Waals surface area contributed by atoms with E-state index in [1.54, 1.807) is 44.2 Å². The van der Waals surface area contributed by atoms with Gasteiger partial charge < -0.3 is 10.1 Å². The minimum absolute atomic E-state index is 0.0399. The van der Waals surface area contributed by atoms with Crippen LogP contribution in [0.25, 0.3) is 0 Å². The summed E-state index contributed by atoms with van der Waals surface area (Å²) in [6.07, 6.45) is -1.41. The number of esters is 1. The Morgan fingerprint density at radius 1 is 1.00 bits per heavy atom. The van der Waals surface area contributed by atoms with Crippen LogP contribution in [-0.4, -0.2) is 50.8 Å². The van der Waals surface area contributed by atoms with Crippen LogP contribution < -0.4 is 10.6 Å². The van der Waals surface area contributed by atoms with Gasteiger partial charge in [-0.25, -0.2) is 18.0 Å². The fraction of sp³-hybridized carbons (Fsp3) is 0.286. The standard InChI is InChI=1S/C21H25N3O6S/c1-4-24(5-2)31(28,29)17-13-9-12-16(14-17)20(26)30-18(15-10-7-6-8-11-15)19(25)23-21(27)22-3/h6-14,18H,4-5H2,1-3H3,(H2,22,23,25,27)/t18-/m1/s1. The van der Waals surface area contributed by atoms with Gasteiger partial charge in [0.25, 0.3) is 5.91 Å². The molecule has 2 aromatic carbocycles. The van der Waals surface area contributed by atoms with E-state index < -0.39 is 34.0 Å². The zero-order valence-corrected chi connectivity index (χ0v) is 18.3. The predicted molar refractivity (Wildman–Crippen MR) is 114 cm³/mol. The molecule has 9 nitrogen and oxygen atoms in total. The first kappa shape index (κ1) is 24.0. The van der Waals surface area contributed by atoms with Crippen molar-refractivity contribution in [1.29, 1.82) is 0 Å². The minimum atomic E-state index is -3.78. The number of hydrogen-bond acceptors (Lipinski definition) is 6. The SMILES string of the molecule is CCN(CC)S(=O)(=O)c1cccc(C(=O)O[C@@H](C(=O)NC(=O)NC)c2ccccc2)c1. The fourth-order valence-corrected chi connectivity index (χ4v) is 4.32. The molecule has 31 heavy (non-hydrogen) atoms. The van der Waals surface area contributed by atoms with Gasteiger partial charge >= 0.3 is 12.0 Å². The molecule has 0 aliphatic rings. The average Bonchev–Trinajstić information content (AvgIpc) is 2.78. The molecule has 0 saturated heterocycles. The first-order valence-electron chi connectivity index (χ1n) is 9.63. The van der Waals surface area contributed by atoms with E-state index in [0.29, 0.717) is 5.56 Å². The van der Waals surface area contributed by atoms with E-state index in [2.05, 4.69) is 10.6 Å². The van der Waals surface area contributed by atoms with Gasteiger partial charge in [0.1, 0.15) is 0 Å². The van der Waals surface area contributed by atoms with Crippen LogP contribution >= 0.6 is 0 Å². The van der Waals surface area contributed by atoms with Crippen molar-refractivity contribution in [3.8, 4) is 0 Å². The van der Waals surface area contributed by atoms with Crippen molar-refractivity contribution in [2.45, 2.75) is 24.8 Å².